The molecular weight excluding hydrogens is 445 g/mol. The van der Waals surface area contributed by atoms with Crippen molar-refractivity contribution in [3.05, 3.63) is 65.2 Å². The molecule has 1 N–H and O–H groups in total. The summed E-state index contributed by atoms with van der Waals surface area (Å²) in [5, 5.41) is 2.28. The number of likely N-dealkylation sites (N-methyl/N-ethyl adjacent to an activating group) is 1. The Morgan fingerprint density at radius 3 is 2.29 bits per heavy atom. The third kappa shape index (κ3) is 6.57. The molecule has 0 aliphatic carbocycles. The number of anilines is 1. The average molecular weight is 477 g/mol. The molecule has 0 aromatic heterocycles. The van der Waals surface area contributed by atoms with Crippen LogP contribution in [0.15, 0.2) is 48.5 Å². The Kier molecular flexibility index (Phi) is 8.33. The number of amides is 2. The fraction of sp³-hybridized carbons (Fsp3) is 0.440. The molecule has 184 valence electrons. The molecule has 0 saturated carbocycles. The van der Waals surface area contributed by atoms with Crippen LogP contribution in [0.25, 0.3) is 0 Å². The van der Waals surface area contributed by atoms with Gasteiger partial charge in [0.15, 0.2) is 0 Å². The van der Waals surface area contributed by atoms with E-state index in [1.807, 2.05) is 12.1 Å². The van der Waals surface area contributed by atoms with E-state index in [2.05, 4.69) is 34.2 Å². The van der Waals surface area contributed by atoms with Crippen LogP contribution in [-0.4, -0.2) is 72.3 Å². The minimum absolute atomic E-state index is 0.244. The highest BCUT2D eigenvalue weighted by Gasteiger charge is 2.34. The first-order valence-electron chi connectivity index (χ1n) is 11.3. The number of hydrogen-bond acceptors (Lipinski definition) is 4. The number of nitrogens with zero attached hydrogens (tertiary/aromatic N) is 3. The number of alkyl halides is 3. The van der Waals surface area contributed by atoms with Gasteiger partial charge in [-0.25, -0.2) is 0 Å². The molecule has 0 radical (unpaired) electrons. The highest BCUT2D eigenvalue weighted by atomic mass is 19.4. The molecule has 1 fully saturated rings. The lowest BCUT2D eigenvalue weighted by Crippen LogP contribution is -2.54. The molecule has 0 bridgehead atoms. The standard InChI is InChI=1S/C25H31F3N4O2/c1-18-8-4-5-9-20(18)16-31-12-14-32(15-13-31)19(2)24(34)30(3)17-23(33)29-22-11-7-6-10-21(22)25(26,27)28/h4-11,19H,12-17H2,1-3H3,(H,29,33)/t19-/m0/s1. The molecule has 0 spiro atoms. The lowest BCUT2D eigenvalue weighted by Gasteiger charge is -2.38. The van der Waals surface area contributed by atoms with E-state index in [1.165, 1.54) is 41.3 Å². The van der Waals surface area contributed by atoms with Gasteiger partial charge in [-0.3, -0.25) is 19.4 Å². The van der Waals surface area contributed by atoms with Gasteiger partial charge in [0.1, 0.15) is 0 Å². The Balaban J connectivity index is 1.50. The number of piperazine rings is 1. The largest absolute Gasteiger partial charge is 0.418 e. The predicted molar refractivity (Wildman–Crippen MR) is 125 cm³/mol. The Labute approximate surface area is 198 Å². The zero-order chi connectivity index (χ0) is 24.9. The fourth-order valence-corrected chi connectivity index (χ4v) is 4.13. The normalized spacial score (nSPS) is 16.2. The van der Waals surface area contributed by atoms with Crippen molar-refractivity contribution in [2.45, 2.75) is 32.6 Å². The molecule has 2 amide bonds. The third-order valence-electron chi connectivity index (χ3n) is 6.23. The van der Waals surface area contributed by atoms with Crippen LogP contribution in [-0.2, 0) is 22.3 Å². The summed E-state index contributed by atoms with van der Waals surface area (Å²) in [5.74, 6) is -0.922. The van der Waals surface area contributed by atoms with E-state index in [9.17, 15) is 22.8 Å². The van der Waals surface area contributed by atoms with E-state index in [0.717, 1.165) is 38.8 Å². The van der Waals surface area contributed by atoms with Crippen molar-refractivity contribution in [1.29, 1.82) is 0 Å². The van der Waals surface area contributed by atoms with Crippen molar-refractivity contribution in [1.82, 2.24) is 14.7 Å². The van der Waals surface area contributed by atoms with E-state index in [1.54, 1.807) is 6.92 Å². The molecular formula is C25H31F3N4O2. The van der Waals surface area contributed by atoms with Gasteiger partial charge in [-0.2, -0.15) is 13.2 Å². The second-order valence-electron chi connectivity index (χ2n) is 8.70. The molecule has 2 aromatic rings. The highest BCUT2D eigenvalue weighted by Crippen LogP contribution is 2.34. The van der Waals surface area contributed by atoms with Gasteiger partial charge in [-0.05, 0) is 37.1 Å². The van der Waals surface area contributed by atoms with Crippen LogP contribution < -0.4 is 5.32 Å². The van der Waals surface area contributed by atoms with E-state index in [-0.39, 0.29) is 18.1 Å². The number of benzene rings is 2. The molecule has 2 aromatic carbocycles. The average Bonchev–Trinajstić information content (AvgIpc) is 2.79. The first-order chi connectivity index (χ1) is 16.1. The van der Waals surface area contributed by atoms with Gasteiger partial charge in [0.2, 0.25) is 11.8 Å². The fourth-order valence-electron chi connectivity index (χ4n) is 4.13. The van der Waals surface area contributed by atoms with E-state index >= 15 is 0 Å². The first kappa shape index (κ1) is 25.7. The van der Waals surface area contributed by atoms with Crippen LogP contribution >= 0.6 is 0 Å². The number of hydrogen-bond donors (Lipinski definition) is 1. The lowest BCUT2D eigenvalue weighted by atomic mass is 10.1. The molecule has 3 rings (SSSR count). The van der Waals surface area contributed by atoms with Crippen molar-refractivity contribution in [3.63, 3.8) is 0 Å². The first-order valence-corrected chi connectivity index (χ1v) is 11.3. The van der Waals surface area contributed by atoms with Crippen molar-refractivity contribution in [2.24, 2.45) is 0 Å². The molecule has 1 atom stereocenters. The Morgan fingerprint density at radius 1 is 1.03 bits per heavy atom. The molecule has 1 aliphatic rings. The zero-order valence-corrected chi connectivity index (χ0v) is 19.7. The van der Waals surface area contributed by atoms with Gasteiger partial charge < -0.3 is 10.2 Å². The summed E-state index contributed by atoms with van der Waals surface area (Å²) in [4.78, 5) is 30.9. The van der Waals surface area contributed by atoms with Crippen LogP contribution in [0.5, 0.6) is 0 Å². The maximum Gasteiger partial charge on any atom is 0.418 e. The van der Waals surface area contributed by atoms with Crippen LogP contribution in [0.3, 0.4) is 0 Å². The SMILES string of the molecule is Cc1ccccc1CN1CCN([C@@H](C)C(=O)N(C)CC(=O)Nc2ccccc2C(F)(F)F)CC1. The molecule has 1 heterocycles. The lowest BCUT2D eigenvalue weighted by molar-refractivity contribution is -0.139. The number of halogens is 3. The number of rotatable bonds is 7. The van der Waals surface area contributed by atoms with E-state index < -0.39 is 23.7 Å². The van der Waals surface area contributed by atoms with Crippen LogP contribution in [0.1, 0.15) is 23.6 Å². The topological polar surface area (TPSA) is 55.9 Å². The maximum absolute atomic E-state index is 13.1. The van der Waals surface area contributed by atoms with Crippen molar-refractivity contribution in [2.75, 3.05) is 45.1 Å². The van der Waals surface area contributed by atoms with Crippen LogP contribution in [0.2, 0.25) is 0 Å². The zero-order valence-electron chi connectivity index (χ0n) is 19.7. The van der Waals surface area contributed by atoms with Crippen LogP contribution in [0, 0.1) is 6.92 Å². The summed E-state index contributed by atoms with van der Waals surface area (Å²) < 4.78 is 39.4. The Morgan fingerprint density at radius 2 is 1.65 bits per heavy atom. The summed E-state index contributed by atoms with van der Waals surface area (Å²) in [5.41, 5.74) is 1.30. The van der Waals surface area contributed by atoms with Gasteiger partial charge >= 0.3 is 6.18 Å². The quantitative estimate of drug-likeness (QED) is 0.664. The van der Waals surface area contributed by atoms with Gasteiger partial charge in [0, 0.05) is 39.8 Å². The van der Waals surface area contributed by atoms with Gasteiger partial charge in [-0.1, -0.05) is 36.4 Å². The monoisotopic (exact) mass is 476 g/mol. The van der Waals surface area contributed by atoms with Gasteiger partial charge in [-0.15, -0.1) is 0 Å². The molecule has 0 unspecified atom stereocenters. The molecule has 9 heteroatoms. The highest BCUT2D eigenvalue weighted by molar-refractivity contribution is 5.95. The van der Waals surface area contributed by atoms with Gasteiger partial charge in [0.25, 0.3) is 0 Å². The molecule has 1 saturated heterocycles. The summed E-state index contributed by atoms with van der Waals surface area (Å²) in [6.45, 7) is 7.52. The van der Waals surface area contributed by atoms with Crippen molar-refractivity contribution >= 4 is 17.5 Å². The van der Waals surface area contributed by atoms with Crippen molar-refractivity contribution in [3.8, 4) is 0 Å². The van der Waals surface area contributed by atoms with Gasteiger partial charge in [0.05, 0.1) is 23.8 Å². The number of carbonyl (C=O) groups is 2. The molecule has 6 nitrogen and oxygen atoms in total. The minimum Gasteiger partial charge on any atom is -0.335 e. The number of nitrogens with one attached hydrogen (secondary N) is 1. The third-order valence-corrected chi connectivity index (χ3v) is 6.23. The smallest absolute Gasteiger partial charge is 0.335 e. The van der Waals surface area contributed by atoms with Crippen LogP contribution in [0.4, 0.5) is 18.9 Å². The minimum atomic E-state index is -4.58. The Hall–Kier alpha value is -2.91. The number of aryl methyl sites for hydroxylation is 1. The predicted octanol–water partition coefficient (Wildman–Crippen LogP) is 3.62. The second-order valence-corrected chi connectivity index (χ2v) is 8.70. The molecule has 34 heavy (non-hydrogen) atoms. The van der Waals surface area contributed by atoms with E-state index in [4.69, 9.17) is 0 Å². The van der Waals surface area contributed by atoms with E-state index in [0.29, 0.717) is 0 Å². The summed E-state index contributed by atoms with van der Waals surface area (Å²) in [7, 11) is 1.49. The summed E-state index contributed by atoms with van der Waals surface area (Å²) in [6.07, 6.45) is -4.58. The maximum atomic E-state index is 13.1. The van der Waals surface area contributed by atoms with Crippen molar-refractivity contribution < 1.29 is 22.8 Å². The molecule has 1 aliphatic heterocycles. The Bertz CT molecular complexity index is 1000. The summed E-state index contributed by atoms with van der Waals surface area (Å²) >= 11 is 0. The number of para-hydroxylation sites is 1. The second kappa shape index (κ2) is 11.0. The number of carbonyl (C=O) groups excluding carboxylic acids is 2. The summed E-state index contributed by atoms with van der Waals surface area (Å²) in [6, 6.07) is 12.6.